The highest BCUT2D eigenvalue weighted by Gasteiger charge is 2.35. The number of aldehydes is 1. The second-order valence-corrected chi connectivity index (χ2v) is 4.48. The van der Waals surface area contributed by atoms with Gasteiger partial charge < -0.3 is 0 Å². The van der Waals surface area contributed by atoms with Gasteiger partial charge in [0.2, 0.25) is 0 Å². The van der Waals surface area contributed by atoms with E-state index in [1.165, 1.54) is 0 Å². The summed E-state index contributed by atoms with van der Waals surface area (Å²) in [5.41, 5.74) is -0.790. The minimum atomic E-state index is -4.59. The number of carbonyl (C=O) groups is 1. The molecule has 0 aliphatic rings. The molecule has 0 saturated carbocycles. The summed E-state index contributed by atoms with van der Waals surface area (Å²) < 4.78 is 39.3. The maximum Gasteiger partial charge on any atom is 0.435 e. The third kappa shape index (κ3) is 2.29. The number of benzene rings is 2. The highest BCUT2D eigenvalue weighted by Crippen LogP contribution is 2.30. The number of rotatable bonds is 2. The first kappa shape index (κ1) is 13.4. The average Bonchev–Trinajstić information content (AvgIpc) is 2.91. The summed E-state index contributed by atoms with van der Waals surface area (Å²) in [6.07, 6.45) is -4.22. The molecule has 3 aromatic rings. The zero-order chi connectivity index (χ0) is 15.0. The van der Waals surface area contributed by atoms with Gasteiger partial charge in [0.15, 0.2) is 12.0 Å². The van der Waals surface area contributed by atoms with Gasteiger partial charge in [-0.2, -0.15) is 18.3 Å². The standard InChI is InChI=1S/C15H9F3N2O/c16-15(17,18)14-8-11(9-21)20(19-14)13-7-3-5-10-4-1-2-6-12(10)13/h1-9H. The Hall–Kier alpha value is -2.63. The Morgan fingerprint density at radius 2 is 1.76 bits per heavy atom. The van der Waals surface area contributed by atoms with Crippen LogP contribution in [0.4, 0.5) is 13.2 Å². The summed E-state index contributed by atoms with van der Waals surface area (Å²) >= 11 is 0. The number of aromatic nitrogens is 2. The summed E-state index contributed by atoms with van der Waals surface area (Å²) in [6.45, 7) is 0. The first-order valence-electron chi connectivity index (χ1n) is 6.11. The smallest absolute Gasteiger partial charge is 0.296 e. The van der Waals surface area contributed by atoms with Crippen LogP contribution >= 0.6 is 0 Å². The Labute approximate surface area is 117 Å². The molecule has 0 bridgehead atoms. The molecular weight excluding hydrogens is 281 g/mol. The Kier molecular flexibility index (Phi) is 3.01. The van der Waals surface area contributed by atoms with Crippen molar-refractivity contribution in [3.05, 3.63) is 59.9 Å². The number of halogens is 3. The van der Waals surface area contributed by atoms with Crippen LogP contribution in [0.15, 0.2) is 48.5 Å². The summed E-state index contributed by atoms with van der Waals surface area (Å²) in [6, 6.07) is 13.1. The largest absolute Gasteiger partial charge is 0.435 e. The molecule has 3 rings (SSSR count). The number of nitrogens with zero attached hydrogens (tertiary/aromatic N) is 2. The van der Waals surface area contributed by atoms with E-state index in [-0.39, 0.29) is 5.69 Å². The molecule has 0 unspecified atom stereocenters. The fourth-order valence-electron chi connectivity index (χ4n) is 2.20. The molecule has 0 radical (unpaired) electrons. The van der Waals surface area contributed by atoms with Crippen molar-refractivity contribution in [1.82, 2.24) is 9.78 Å². The van der Waals surface area contributed by atoms with Gasteiger partial charge in [-0.25, -0.2) is 4.68 Å². The number of carbonyl (C=O) groups excluding carboxylic acids is 1. The van der Waals surface area contributed by atoms with Crippen molar-refractivity contribution in [3.63, 3.8) is 0 Å². The van der Waals surface area contributed by atoms with E-state index in [0.717, 1.165) is 21.5 Å². The monoisotopic (exact) mass is 290 g/mol. The van der Waals surface area contributed by atoms with E-state index >= 15 is 0 Å². The Morgan fingerprint density at radius 3 is 2.48 bits per heavy atom. The molecule has 0 atom stereocenters. The van der Waals surface area contributed by atoms with Crippen LogP contribution in [0.3, 0.4) is 0 Å². The molecule has 0 aliphatic carbocycles. The van der Waals surface area contributed by atoms with Gasteiger partial charge in [-0.1, -0.05) is 36.4 Å². The quantitative estimate of drug-likeness (QED) is 0.672. The second kappa shape index (κ2) is 4.73. The molecule has 0 fully saturated rings. The summed E-state index contributed by atoms with van der Waals surface area (Å²) in [4.78, 5) is 11.0. The van der Waals surface area contributed by atoms with Crippen LogP contribution in [-0.4, -0.2) is 16.1 Å². The van der Waals surface area contributed by atoms with Gasteiger partial charge in [0.05, 0.1) is 5.69 Å². The van der Waals surface area contributed by atoms with Crippen LogP contribution in [0.25, 0.3) is 16.5 Å². The maximum absolute atomic E-state index is 12.8. The summed E-state index contributed by atoms with van der Waals surface area (Å²) in [7, 11) is 0. The highest BCUT2D eigenvalue weighted by atomic mass is 19.4. The number of hydrogen-bond acceptors (Lipinski definition) is 2. The highest BCUT2D eigenvalue weighted by molar-refractivity contribution is 5.91. The van der Waals surface area contributed by atoms with Crippen LogP contribution in [0.2, 0.25) is 0 Å². The lowest BCUT2D eigenvalue weighted by molar-refractivity contribution is -0.141. The molecule has 21 heavy (non-hydrogen) atoms. The van der Waals surface area contributed by atoms with E-state index < -0.39 is 11.9 Å². The van der Waals surface area contributed by atoms with Gasteiger partial charge in [-0.3, -0.25) is 4.79 Å². The first-order chi connectivity index (χ1) is 10.0. The van der Waals surface area contributed by atoms with Crippen molar-refractivity contribution < 1.29 is 18.0 Å². The lowest BCUT2D eigenvalue weighted by Crippen LogP contribution is -2.07. The van der Waals surface area contributed by atoms with Crippen molar-refractivity contribution in [1.29, 1.82) is 0 Å². The van der Waals surface area contributed by atoms with Gasteiger partial charge in [0.1, 0.15) is 5.69 Å². The van der Waals surface area contributed by atoms with Crippen LogP contribution in [-0.2, 0) is 6.18 Å². The minimum absolute atomic E-state index is 0.140. The van der Waals surface area contributed by atoms with Crippen molar-refractivity contribution in [2.75, 3.05) is 0 Å². The third-order valence-corrected chi connectivity index (χ3v) is 3.14. The van der Waals surface area contributed by atoms with Crippen molar-refractivity contribution in [2.45, 2.75) is 6.18 Å². The lowest BCUT2D eigenvalue weighted by atomic mass is 10.1. The molecule has 0 amide bonds. The predicted molar refractivity (Wildman–Crippen MR) is 71.5 cm³/mol. The molecule has 1 heterocycles. The Morgan fingerprint density at radius 1 is 1.05 bits per heavy atom. The van der Waals surface area contributed by atoms with Crippen molar-refractivity contribution in [2.24, 2.45) is 0 Å². The number of hydrogen-bond donors (Lipinski definition) is 0. The zero-order valence-corrected chi connectivity index (χ0v) is 10.6. The third-order valence-electron chi connectivity index (χ3n) is 3.14. The van der Waals surface area contributed by atoms with Crippen LogP contribution in [0.1, 0.15) is 16.2 Å². The van der Waals surface area contributed by atoms with Gasteiger partial charge >= 0.3 is 6.18 Å². The van der Waals surface area contributed by atoms with Crippen molar-refractivity contribution >= 4 is 17.1 Å². The molecule has 106 valence electrons. The number of fused-ring (bicyclic) bond motifs is 1. The SMILES string of the molecule is O=Cc1cc(C(F)(F)F)nn1-c1cccc2ccccc12. The summed E-state index contributed by atoms with van der Waals surface area (Å²) in [5.74, 6) is 0. The molecule has 0 saturated heterocycles. The number of alkyl halides is 3. The Bertz CT molecular complexity index is 816. The maximum atomic E-state index is 12.8. The molecule has 6 heteroatoms. The van der Waals surface area contributed by atoms with Gasteiger partial charge in [-0.15, -0.1) is 0 Å². The van der Waals surface area contributed by atoms with E-state index in [9.17, 15) is 18.0 Å². The van der Waals surface area contributed by atoms with Crippen LogP contribution < -0.4 is 0 Å². The topological polar surface area (TPSA) is 34.9 Å². The molecular formula is C15H9F3N2O. The lowest BCUT2D eigenvalue weighted by Gasteiger charge is -2.08. The fraction of sp³-hybridized carbons (Fsp3) is 0.0667. The fourth-order valence-corrected chi connectivity index (χ4v) is 2.20. The van der Waals surface area contributed by atoms with Gasteiger partial charge in [-0.05, 0) is 17.5 Å². The summed E-state index contributed by atoms with van der Waals surface area (Å²) in [5, 5.41) is 5.11. The van der Waals surface area contributed by atoms with E-state index in [1.807, 2.05) is 18.2 Å². The van der Waals surface area contributed by atoms with E-state index in [4.69, 9.17) is 0 Å². The molecule has 1 aromatic heterocycles. The normalized spacial score (nSPS) is 11.8. The molecule has 0 aliphatic heterocycles. The molecule has 0 N–H and O–H groups in total. The Balaban J connectivity index is 2.28. The van der Waals surface area contributed by atoms with Crippen LogP contribution in [0, 0.1) is 0 Å². The van der Waals surface area contributed by atoms with Crippen LogP contribution in [0.5, 0.6) is 0 Å². The zero-order valence-electron chi connectivity index (χ0n) is 10.6. The molecule has 3 nitrogen and oxygen atoms in total. The average molecular weight is 290 g/mol. The van der Waals surface area contributed by atoms with E-state index in [0.29, 0.717) is 12.0 Å². The van der Waals surface area contributed by atoms with Crippen molar-refractivity contribution in [3.8, 4) is 5.69 Å². The van der Waals surface area contributed by atoms with E-state index in [2.05, 4.69) is 5.10 Å². The predicted octanol–water partition coefficient (Wildman–Crippen LogP) is 3.86. The van der Waals surface area contributed by atoms with Gasteiger partial charge in [0.25, 0.3) is 0 Å². The van der Waals surface area contributed by atoms with Gasteiger partial charge in [0, 0.05) is 5.39 Å². The molecule has 2 aromatic carbocycles. The second-order valence-electron chi connectivity index (χ2n) is 4.48. The van der Waals surface area contributed by atoms with E-state index in [1.54, 1.807) is 24.3 Å². The first-order valence-corrected chi connectivity index (χ1v) is 6.11. The minimum Gasteiger partial charge on any atom is -0.296 e. The molecule has 0 spiro atoms.